The molecule has 0 heterocycles. The molecule has 0 aromatic carbocycles. The highest BCUT2D eigenvalue weighted by molar-refractivity contribution is 9.18. The van der Waals surface area contributed by atoms with Crippen molar-refractivity contribution < 1.29 is 39.6 Å². The number of carbonyl (C=O) groups excluding carboxylic acids is 4. The molecule has 20 heavy (non-hydrogen) atoms. The highest BCUT2D eigenvalue weighted by Crippen LogP contribution is 2.33. The largest absolute Gasteiger partial charge is 0.386 e. The zero-order valence-electron chi connectivity index (χ0n) is 11.0. The molecule has 9 heteroatoms. The zero-order chi connectivity index (χ0) is 16.5. The molecule has 8 nitrogen and oxygen atoms in total. The van der Waals surface area contributed by atoms with Gasteiger partial charge in [0.05, 0.1) is 0 Å². The number of aliphatic hydroxyl groups excluding tert-OH is 2. The van der Waals surface area contributed by atoms with Gasteiger partial charge in [0.1, 0.15) is 12.2 Å². The fourth-order valence-corrected chi connectivity index (χ4v) is 2.27. The first-order chi connectivity index (χ1) is 8.84. The van der Waals surface area contributed by atoms with Crippen molar-refractivity contribution in [2.45, 2.75) is 44.2 Å². The quantitative estimate of drug-likeness (QED) is 0.299. The molecule has 0 radical (unpaired) electrons. The lowest BCUT2D eigenvalue weighted by atomic mass is 9.72. The summed E-state index contributed by atoms with van der Waals surface area (Å²) in [5, 5.41) is 39.5. The highest BCUT2D eigenvalue weighted by Gasteiger charge is 2.66. The average Bonchev–Trinajstić information content (AvgIpc) is 2.33. The monoisotopic (exact) mass is 354 g/mol. The van der Waals surface area contributed by atoms with E-state index in [1.54, 1.807) is 0 Å². The minimum Gasteiger partial charge on any atom is -0.386 e. The molecule has 4 atom stereocenters. The number of ketones is 3. The van der Waals surface area contributed by atoms with Crippen molar-refractivity contribution in [3.63, 3.8) is 0 Å². The molecule has 114 valence electrons. The van der Waals surface area contributed by atoms with Crippen molar-refractivity contribution in [2.24, 2.45) is 0 Å². The van der Waals surface area contributed by atoms with Crippen LogP contribution in [0.1, 0.15) is 20.8 Å². The molecule has 0 fully saturated rings. The maximum Gasteiger partial charge on any atom is 0.240 e. The Labute approximate surface area is 122 Å². The number of halogens is 1. The van der Waals surface area contributed by atoms with E-state index in [2.05, 4.69) is 15.9 Å². The molecule has 0 saturated heterocycles. The van der Waals surface area contributed by atoms with Gasteiger partial charge >= 0.3 is 0 Å². The van der Waals surface area contributed by atoms with E-state index in [-0.39, 0.29) is 0 Å². The van der Waals surface area contributed by atoms with Crippen LogP contribution in [0.2, 0.25) is 0 Å². The molecule has 0 aliphatic heterocycles. The van der Waals surface area contributed by atoms with Crippen LogP contribution in [0.25, 0.3) is 0 Å². The molecule has 0 aromatic rings. The SMILES string of the molecule is CC(=O)C(O)[C@@H](O)[C@](O)(C(C)=O)[C@](O)(C(C)=O)C(=O)Br. The second-order valence-corrected chi connectivity index (χ2v) is 5.08. The number of carbonyl (C=O) groups is 4. The lowest BCUT2D eigenvalue weighted by Crippen LogP contribution is -2.73. The Morgan fingerprint density at radius 2 is 1.35 bits per heavy atom. The minimum atomic E-state index is -3.38. The highest BCUT2D eigenvalue weighted by atomic mass is 79.9. The predicted molar refractivity (Wildman–Crippen MR) is 67.9 cm³/mol. The van der Waals surface area contributed by atoms with Gasteiger partial charge in [-0.3, -0.25) is 19.2 Å². The molecule has 0 aliphatic rings. The van der Waals surface area contributed by atoms with Gasteiger partial charge in [-0.1, -0.05) is 0 Å². The summed E-state index contributed by atoms with van der Waals surface area (Å²) in [6.45, 7) is 2.22. The maximum absolute atomic E-state index is 11.6. The normalized spacial score (nSPS) is 20.2. The summed E-state index contributed by atoms with van der Waals surface area (Å²) < 4.78 is -1.50. The molecule has 1 unspecified atom stereocenters. The van der Waals surface area contributed by atoms with Crippen LogP contribution >= 0.6 is 15.9 Å². The van der Waals surface area contributed by atoms with E-state index in [9.17, 15) is 39.6 Å². The fourth-order valence-electron chi connectivity index (χ4n) is 1.68. The third-order valence-electron chi connectivity index (χ3n) is 3.03. The molecular formula is C11H15BrO8. The van der Waals surface area contributed by atoms with Gasteiger partial charge in [-0.15, -0.1) is 0 Å². The minimum absolute atomic E-state index is 0.680. The lowest BCUT2D eigenvalue weighted by Gasteiger charge is -2.41. The van der Waals surface area contributed by atoms with E-state index >= 15 is 0 Å². The van der Waals surface area contributed by atoms with Gasteiger partial charge in [-0.2, -0.15) is 0 Å². The lowest BCUT2D eigenvalue weighted by molar-refractivity contribution is -0.211. The van der Waals surface area contributed by atoms with Crippen molar-refractivity contribution in [1.29, 1.82) is 0 Å². The molecule has 4 N–H and O–H groups in total. The molecule has 0 saturated carbocycles. The number of hydrogen-bond donors (Lipinski definition) is 4. The Hall–Kier alpha value is -1.00. The Bertz CT molecular complexity index is 445. The third-order valence-corrected chi connectivity index (χ3v) is 3.60. The molecular weight excluding hydrogens is 340 g/mol. The van der Waals surface area contributed by atoms with Crippen molar-refractivity contribution >= 4 is 38.0 Å². The van der Waals surface area contributed by atoms with Crippen LogP contribution in [0.4, 0.5) is 0 Å². The van der Waals surface area contributed by atoms with Gasteiger partial charge in [0.2, 0.25) is 10.3 Å². The molecule has 0 aromatic heterocycles. The summed E-state index contributed by atoms with van der Waals surface area (Å²) in [4.78, 5) is 45.5. The topological polar surface area (TPSA) is 149 Å². The van der Waals surface area contributed by atoms with Crippen molar-refractivity contribution in [3.05, 3.63) is 0 Å². The summed E-state index contributed by atoms with van der Waals surface area (Å²) in [7, 11) is 0. The van der Waals surface area contributed by atoms with Gasteiger partial charge in [0.25, 0.3) is 0 Å². The number of Topliss-reactive ketones (excluding diaryl/α,β-unsaturated/α-hetero) is 3. The van der Waals surface area contributed by atoms with E-state index in [1.165, 1.54) is 0 Å². The van der Waals surface area contributed by atoms with Gasteiger partial charge < -0.3 is 20.4 Å². The smallest absolute Gasteiger partial charge is 0.240 e. The Balaban J connectivity index is 6.22. The molecule has 0 amide bonds. The first-order valence-corrected chi connectivity index (χ1v) is 6.17. The van der Waals surface area contributed by atoms with Crippen LogP contribution < -0.4 is 0 Å². The van der Waals surface area contributed by atoms with Crippen LogP contribution in [-0.4, -0.2) is 65.9 Å². The second kappa shape index (κ2) is 6.19. The average molecular weight is 355 g/mol. The van der Waals surface area contributed by atoms with E-state index in [0.29, 0.717) is 13.8 Å². The van der Waals surface area contributed by atoms with Crippen molar-refractivity contribution in [1.82, 2.24) is 0 Å². The first kappa shape index (κ1) is 19.0. The van der Waals surface area contributed by atoms with Crippen LogP contribution in [0.15, 0.2) is 0 Å². The van der Waals surface area contributed by atoms with Crippen molar-refractivity contribution in [3.8, 4) is 0 Å². The zero-order valence-corrected chi connectivity index (χ0v) is 12.5. The summed E-state index contributed by atoms with van der Waals surface area (Å²) in [6.07, 6.45) is -4.85. The summed E-state index contributed by atoms with van der Waals surface area (Å²) in [5.41, 5.74) is -6.74. The van der Waals surface area contributed by atoms with Crippen LogP contribution in [0, 0.1) is 0 Å². The van der Waals surface area contributed by atoms with Crippen molar-refractivity contribution in [2.75, 3.05) is 0 Å². The predicted octanol–water partition coefficient (Wildman–Crippen LogP) is -2.14. The molecule has 0 rings (SSSR count). The summed E-state index contributed by atoms with van der Waals surface area (Å²) >= 11 is 2.26. The maximum atomic E-state index is 11.6. The van der Waals surface area contributed by atoms with Crippen LogP contribution in [0.3, 0.4) is 0 Å². The van der Waals surface area contributed by atoms with Gasteiger partial charge in [0.15, 0.2) is 23.0 Å². The summed E-state index contributed by atoms with van der Waals surface area (Å²) in [6, 6.07) is 0. The van der Waals surface area contributed by atoms with Crippen LogP contribution in [-0.2, 0) is 19.2 Å². The number of rotatable bonds is 7. The molecule has 0 aliphatic carbocycles. The fraction of sp³-hybridized carbons (Fsp3) is 0.636. The van der Waals surface area contributed by atoms with Gasteiger partial charge in [0, 0.05) is 0 Å². The standard InChI is InChI=1S/C11H15BrO8/c1-4(13)7(16)8(17)10(19,5(2)14)11(20,6(3)15)9(12)18/h7-8,16-17,19-20H,1-3H3/t7?,8-,10-,11+/m1/s1. The molecule has 0 spiro atoms. The van der Waals surface area contributed by atoms with E-state index in [4.69, 9.17) is 0 Å². The summed E-state index contributed by atoms with van der Waals surface area (Å²) in [5.74, 6) is -3.77. The number of hydrogen-bond acceptors (Lipinski definition) is 8. The Kier molecular flexibility index (Phi) is 5.88. The number of aliphatic hydroxyl groups is 4. The van der Waals surface area contributed by atoms with E-state index in [1.807, 2.05) is 0 Å². The Morgan fingerprint density at radius 3 is 1.55 bits per heavy atom. The van der Waals surface area contributed by atoms with Crippen LogP contribution in [0.5, 0.6) is 0 Å². The van der Waals surface area contributed by atoms with Gasteiger partial charge in [-0.05, 0) is 36.7 Å². The Morgan fingerprint density at radius 1 is 0.950 bits per heavy atom. The molecule has 0 bridgehead atoms. The van der Waals surface area contributed by atoms with E-state index in [0.717, 1.165) is 6.92 Å². The third kappa shape index (κ3) is 2.72. The first-order valence-electron chi connectivity index (χ1n) is 5.38. The second-order valence-electron chi connectivity index (χ2n) is 4.36. The van der Waals surface area contributed by atoms with Gasteiger partial charge in [-0.25, -0.2) is 0 Å². The van der Waals surface area contributed by atoms with E-state index < -0.39 is 45.5 Å².